The molecule has 1 heterocycles. The van der Waals surface area contributed by atoms with Crippen LogP contribution < -0.4 is 10.1 Å². The van der Waals surface area contributed by atoms with Crippen molar-refractivity contribution in [3.63, 3.8) is 0 Å². The van der Waals surface area contributed by atoms with Crippen molar-refractivity contribution in [3.8, 4) is 5.75 Å². The summed E-state index contributed by atoms with van der Waals surface area (Å²) in [5.74, 6) is 0.653. The fourth-order valence-corrected chi connectivity index (χ4v) is 2.61. The number of hydrogen-bond donors (Lipinski definition) is 1. The van der Waals surface area contributed by atoms with E-state index in [0.717, 1.165) is 27.0 Å². The molecular formula is C16H12BrNO2. The van der Waals surface area contributed by atoms with Gasteiger partial charge in [-0.3, -0.25) is 4.79 Å². The van der Waals surface area contributed by atoms with Crippen LogP contribution in [0.1, 0.15) is 11.1 Å². The summed E-state index contributed by atoms with van der Waals surface area (Å²) in [6, 6.07) is 13.4. The van der Waals surface area contributed by atoms with Gasteiger partial charge >= 0.3 is 0 Å². The summed E-state index contributed by atoms with van der Waals surface area (Å²) in [7, 11) is 1.62. The maximum absolute atomic E-state index is 12.1. The molecule has 0 bridgehead atoms. The Bertz CT molecular complexity index is 722. The molecule has 100 valence electrons. The number of rotatable bonds is 2. The lowest BCUT2D eigenvalue weighted by Gasteiger charge is -2.05. The number of carbonyl (C=O) groups is 1. The molecule has 1 amide bonds. The number of carbonyl (C=O) groups excluding carboxylic acids is 1. The zero-order valence-electron chi connectivity index (χ0n) is 10.8. The smallest absolute Gasteiger partial charge is 0.256 e. The molecule has 3 rings (SSSR count). The maximum atomic E-state index is 12.1. The summed E-state index contributed by atoms with van der Waals surface area (Å²) in [5, 5.41) is 2.86. The largest absolute Gasteiger partial charge is 0.496 e. The summed E-state index contributed by atoms with van der Waals surface area (Å²) in [4.78, 5) is 12.1. The van der Waals surface area contributed by atoms with Crippen molar-refractivity contribution in [3.05, 3.63) is 58.1 Å². The van der Waals surface area contributed by atoms with Crippen molar-refractivity contribution in [1.29, 1.82) is 0 Å². The Kier molecular flexibility index (Phi) is 3.32. The number of halogens is 1. The van der Waals surface area contributed by atoms with E-state index in [0.29, 0.717) is 5.57 Å². The van der Waals surface area contributed by atoms with Gasteiger partial charge in [0.25, 0.3) is 5.91 Å². The zero-order valence-corrected chi connectivity index (χ0v) is 12.4. The first-order valence-electron chi connectivity index (χ1n) is 6.15. The molecule has 0 saturated carbocycles. The van der Waals surface area contributed by atoms with Gasteiger partial charge in [0.2, 0.25) is 0 Å². The second kappa shape index (κ2) is 5.13. The second-order valence-electron chi connectivity index (χ2n) is 4.44. The lowest BCUT2D eigenvalue weighted by Crippen LogP contribution is -2.03. The average Bonchev–Trinajstić information content (AvgIpc) is 2.76. The second-order valence-corrected chi connectivity index (χ2v) is 5.36. The van der Waals surface area contributed by atoms with Crippen LogP contribution in [-0.2, 0) is 4.79 Å². The van der Waals surface area contributed by atoms with E-state index in [1.54, 1.807) is 7.11 Å². The van der Waals surface area contributed by atoms with Crippen LogP contribution in [0.3, 0.4) is 0 Å². The highest BCUT2D eigenvalue weighted by molar-refractivity contribution is 9.10. The van der Waals surface area contributed by atoms with E-state index >= 15 is 0 Å². The number of para-hydroxylation sites is 1. The van der Waals surface area contributed by atoms with Crippen LogP contribution in [0.2, 0.25) is 0 Å². The Labute approximate surface area is 125 Å². The minimum Gasteiger partial charge on any atom is -0.496 e. The SMILES string of the molecule is COc1ccccc1C=C1C(=O)Nc2ccc(Br)cc21. The maximum Gasteiger partial charge on any atom is 0.256 e. The molecule has 2 aromatic rings. The third-order valence-electron chi connectivity index (χ3n) is 3.20. The normalized spacial score (nSPS) is 15.1. The summed E-state index contributed by atoms with van der Waals surface area (Å²) >= 11 is 3.43. The molecule has 0 unspecified atom stereocenters. The molecule has 0 aliphatic carbocycles. The molecule has 3 nitrogen and oxygen atoms in total. The molecule has 0 spiro atoms. The quantitative estimate of drug-likeness (QED) is 0.847. The van der Waals surface area contributed by atoms with E-state index < -0.39 is 0 Å². The lowest BCUT2D eigenvalue weighted by molar-refractivity contribution is -0.110. The molecule has 1 N–H and O–H groups in total. The fraction of sp³-hybridized carbons (Fsp3) is 0.0625. The first-order valence-corrected chi connectivity index (χ1v) is 6.94. The molecule has 0 radical (unpaired) electrons. The van der Waals surface area contributed by atoms with E-state index in [2.05, 4.69) is 21.2 Å². The molecule has 1 aliphatic rings. The minimum atomic E-state index is -0.0935. The Morgan fingerprint density at radius 2 is 2.00 bits per heavy atom. The molecule has 0 saturated heterocycles. The van der Waals surface area contributed by atoms with Crippen molar-refractivity contribution >= 4 is 39.2 Å². The first kappa shape index (κ1) is 12.9. The highest BCUT2D eigenvalue weighted by atomic mass is 79.9. The highest BCUT2D eigenvalue weighted by Gasteiger charge is 2.24. The summed E-state index contributed by atoms with van der Waals surface area (Å²) in [5.41, 5.74) is 3.26. The van der Waals surface area contributed by atoms with Crippen molar-refractivity contribution in [2.24, 2.45) is 0 Å². The zero-order chi connectivity index (χ0) is 14.1. The van der Waals surface area contributed by atoms with E-state index in [-0.39, 0.29) is 5.91 Å². The van der Waals surface area contributed by atoms with Gasteiger partial charge in [0.1, 0.15) is 5.75 Å². The monoisotopic (exact) mass is 329 g/mol. The van der Waals surface area contributed by atoms with Gasteiger partial charge in [0.15, 0.2) is 0 Å². The van der Waals surface area contributed by atoms with Crippen molar-refractivity contribution in [1.82, 2.24) is 0 Å². The van der Waals surface area contributed by atoms with Gasteiger partial charge in [0, 0.05) is 26.9 Å². The summed E-state index contributed by atoms with van der Waals surface area (Å²) in [6.45, 7) is 0. The minimum absolute atomic E-state index is 0.0935. The number of fused-ring (bicyclic) bond motifs is 1. The predicted molar refractivity (Wildman–Crippen MR) is 83.6 cm³/mol. The molecule has 2 aromatic carbocycles. The number of anilines is 1. The number of hydrogen-bond acceptors (Lipinski definition) is 2. The van der Waals surface area contributed by atoms with Gasteiger partial charge in [-0.2, -0.15) is 0 Å². The van der Waals surface area contributed by atoms with Gasteiger partial charge in [-0.25, -0.2) is 0 Å². The third-order valence-corrected chi connectivity index (χ3v) is 3.70. The van der Waals surface area contributed by atoms with E-state index in [1.807, 2.05) is 48.5 Å². The van der Waals surface area contributed by atoms with Gasteiger partial charge < -0.3 is 10.1 Å². The van der Waals surface area contributed by atoms with Crippen LogP contribution >= 0.6 is 15.9 Å². The number of amides is 1. The average molecular weight is 330 g/mol. The highest BCUT2D eigenvalue weighted by Crippen LogP contribution is 2.36. The van der Waals surface area contributed by atoms with Crippen LogP contribution in [-0.4, -0.2) is 13.0 Å². The standard InChI is InChI=1S/C16H12BrNO2/c1-20-15-5-3-2-4-10(15)8-13-12-9-11(17)6-7-14(12)18-16(13)19/h2-9H,1H3,(H,18,19). The van der Waals surface area contributed by atoms with E-state index in [1.165, 1.54) is 0 Å². The predicted octanol–water partition coefficient (Wildman–Crippen LogP) is 3.95. The van der Waals surface area contributed by atoms with Crippen LogP contribution in [0.4, 0.5) is 5.69 Å². The van der Waals surface area contributed by atoms with Crippen LogP contribution in [0, 0.1) is 0 Å². The Hall–Kier alpha value is -2.07. The van der Waals surface area contributed by atoms with Crippen molar-refractivity contribution in [2.75, 3.05) is 12.4 Å². The lowest BCUT2D eigenvalue weighted by atomic mass is 10.0. The topological polar surface area (TPSA) is 38.3 Å². The van der Waals surface area contributed by atoms with Gasteiger partial charge in [-0.15, -0.1) is 0 Å². The molecule has 4 heteroatoms. The molecule has 0 aromatic heterocycles. The number of methoxy groups -OCH3 is 1. The number of benzene rings is 2. The Morgan fingerprint density at radius 3 is 2.80 bits per heavy atom. The number of ether oxygens (including phenoxy) is 1. The molecule has 1 aliphatic heterocycles. The number of nitrogens with one attached hydrogen (secondary N) is 1. The van der Waals surface area contributed by atoms with Crippen LogP contribution in [0.15, 0.2) is 46.9 Å². The Balaban J connectivity index is 2.13. The van der Waals surface area contributed by atoms with Crippen LogP contribution in [0.25, 0.3) is 11.6 Å². The summed E-state index contributed by atoms with van der Waals surface area (Å²) < 4.78 is 6.26. The fourth-order valence-electron chi connectivity index (χ4n) is 2.24. The van der Waals surface area contributed by atoms with Gasteiger partial charge in [-0.05, 0) is 30.3 Å². The molecular weight excluding hydrogens is 318 g/mol. The summed E-state index contributed by atoms with van der Waals surface area (Å²) in [6.07, 6.45) is 1.85. The van der Waals surface area contributed by atoms with Crippen molar-refractivity contribution < 1.29 is 9.53 Å². The van der Waals surface area contributed by atoms with Crippen LogP contribution in [0.5, 0.6) is 5.75 Å². The van der Waals surface area contributed by atoms with E-state index in [4.69, 9.17) is 4.74 Å². The Morgan fingerprint density at radius 1 is 1.20 bits per heavy atom. The molecule has 0 atom stereocenters. The third kappa shape index (κ3) is 2.23. The first-order chi connectivity index (χ1) is 9.69. The molecule has 20 heavy (non-hydrogen) atoms. The van der Waals surface area contributed by atoms with Crippen molar-refractivity contribution in [2.45, 2.75) is 0 Å². The molecule has 0 fully saturated rings. The van der Waals surface area contributed by atoms with Gasteiger partial charge in [-0.1, -0.05) is 34.1 Å². The van der Waals surface area contributed by atoms with Gasteiger partial charge in [0.05, 0.1) is 7.11 Å². The van der Waals surface area contributed by atoms with E-state index in [9.17, 15) is 4.79 Å².